The van der Waals surface area contributed by atoms with Gasteiger partial charge in [0, 0.05) is 19.3 Å². The second kappa shape index (κ2) is 56.9. The van der Waals surface area contributed by atoms with E-state index >= 15 is 0 Å². The fraction of sp³-hybridized carbons (Fsp3) is 0.698. The Morgan fingerprint density at radius 1 is 0.304 bits per heavy atom. The molecule has 0 saturated heterocycles. The van der Waals surface area contributed by atoms with E-state index in [9.17, 15) is 14.4 Å². The van der Waals surface area contributed by atoms with Gasteiger partial charge in [-0.1, -0.05) is 246 Å². The fourth-order valence-corrected chi connectivity index (χ4v) is 7.78. The van der Waals surface area contributed by atoms with Gasteiger partial charge in [0.25, 0.3) is 0 Å². The Balaban J connectivity index is 4.41. The van der Waals surface area contributed by atoms with Crippen molar-refractivity contribution in [3.05, 3.63) is 97.2 Å². The molecule has 1 atom stereocenters. The first-order valence-electron chi connectivity index (χ1n) is 28.7. The summed E-state index contributed by atoms with van der Waals surface area (Å²) in [6.45, 7) is 6.44. The van der Waals surface area contributed by atoms with Crippen LogP contribution in [0.25, 0.3) is 0 Å². The van der Waals surface area contributed by atoms with E-state index in [1.54, 1.807) is 0 Å². The maximum Gasteiger partial charge on any atom is 0.306 e. The summed E-state index contributed by atoms with van der Waals surface area (Å²) < 4.78 is 16.8. The lowest BCUT2D eigenvalue weighted by Gasteiger charge is -2.18. The second-order valence-corrected chi connectivity index (χ2v) is 18.8. The topological polar surface area (TPSA) is 78.9 Å². The second-order valence-electron chi connectivity index (χ2n) is 18.8. The van der Waals surface area contributed by atoms with Crippen molar-refractivity contribution < 1.29 is 28.6 Å². The Morgan fingerprint density at radius 2 is 0.594 bits per heavy atom. The number of rotatable bonds is 51. The zero-order valence-corrected chi connectivity index (χ0v) is 45.0. The maximum absolute atomic E-state index is 12.8. The van der Waals surface area contributed by atoms with Gasteiger partial charge in [-0.2, -0.15) is 0 Å². The van der Waals surface area contributed by atoms with Gasteiger partial charge < -0.3 is 14.2 Å². The van der Waals surface area contributed by atoms with Crippen LogP contribution in [0.5, 0.6) is 0 Å². The third-order valence-corrected chi connectivity index (χ3v) is 12.1. The van der Waals surface area contributed by atoms with Crippen molar-refractivity contribution in [2.45, 2.75) is 271 Å². The number of unbranched alkanes of at least 4 members (excludes halogenated alkanes) is 24. The first-order chi connectivity index (χ1) is 34.0. The normalized spacial score (nSPS) is 12.8. The highest BCUT2D eigenvalue weighted by Gasteiger charge is 2.19. The highest BCUT2D eigenvalue weighted by molar-refractivity contribution is 5.71. The monoisotopic (exact) mass is 959 g/mol. The molecule has 0 aromatic heterocycles. The summed E-state index contributed by atoms with van der Waals surface area (Å²) in [5.74, 6) is -0.926. The summed E-state index contributed by atoms with van der Waals surface area (Å²) in [6.07, 6.45) is 75.4. The fourth-order valence-electron chi connectivity index (χ4n) is 7.78. The van der Waals surface area contributed by atoms with Crippen molar-refractivity contribution in [1.29, 1.82) is 0 Å². The van der Waals surface area contributed by atoms with Crippen LogP contribution in [0.4, 0.5) is 0 Å². The highest BCUT2D eigenvalue weighted by Crippen LogP contribution is 2.15. The Morgan fingerprint density at radius 3 is 0.942 bits per heavy atom. The summed E-state index contributed by atoms with van der Waals surface area (Å²) in [5.41, 5.74) is 0. The van der Waals surface area contributed by atoms with Gasteiger partial charge >= 0.3 is 17.9 Å². The van der Waals surface area contributed by atoms with Gasteiger partial charge in [-0.15, -0.1) is 0 Å². The molecule has 69 heavy (non-hydrogen) atoms. The molecule has 0 aliphatic rings. The van der Waals surface area contributed by atoms with Crippen LogP contribution in [-0.2, 0) is 28.6 Å². The molecule has 0 fully saturated rings. The maximum atomic E-state index is 12.8. The smallest absolute Gasteiger partial charge is 0.306 e. The van der Waals surface area contributed by atoms with Crippen LogP contribution in [0.1, 0.15) is 265 Å². The van der Waals surface area contributed by atoms with Crippen LogP contribution in [0, 0.1) is 0 Å². The number of allylic oxidation sites excluding steroid dienone is 16. The SMILES string of the molecule is CC/C=C\C/C=C\C/C=C\C/C=C\C/C=C\C/C=C\CCCCCCC(=O)OCC(COC(=O)CCCCCCC/C=C\C/C=C\CCC)OC(=O)CCCCCCCCCCCCCCCCC. The Hall–Kier alpha value is -3.67. The molecule has 0 aromatic carbocycles. The van der Waals surface area contributed by atoms with E-state index in [0.717, 1.165) is 141 Å². The predicted molar refractivity (Wildman–Crippen MR) is 297 cm³/mol. The first-order valence-corrected chi connectivity index (χ1v) is 28.7. The molecule has 0 saturated carbocycles. The van der Waals surface area contributed by atoms with Crippen LogP contribution < -0.4 is 0 Å². The third kappa shape index (κ3) is 55.1. The number of carbonyl (C=O) groups is 3. The van der Waals surface area contributed by atoms with E-state index in [-0.39, 0.29) is 31.1 Å². The zero-order chi connectivity index (χ0) is 50.0. The minimum absolute atomic E-state index is 0.0920. The van der Waals surface area contributed by atoms with Crippen LogP contribution in [0.2, 0.25) is 0 Å². The van der Waals surface area contributed by atoms with Crippen molar-refractivity contribution in [3.63, 3.8) is 0 Å². The van der Waals surface area contributed by atoms with Crippen molar-refractivity contribution in [3.8, 4) is 0 Å². The van der Waals surface area contributed by atoms with Crippen molar-refractivity contribution >= 4 is 17.9 Å². The highest BCUT2D eigenvalue weighted by atomic mass is 16.6. The molecule has 394 valence electrons. The average molecular weight is 960 g/mol. The van der Waals surface area contributed by atoms with Crippen molar-refractivity contribution in [2.24, 2.45) is 0 Å². The van der Waals surface area contributed by atoms with E-state index in [1.165, 1.54) is 83.5 Å². The Bertz CT molecular complexity index is 1380. The molecule has 0 aromatic rings. The lowest BCUT2D eigenvalue weighted by atomic mass is 10.0. The molecule has 0 aliphatic heterocycles. The molecule has 0 heterocycles. The van der Waals surface area contributed by atoms with Crippen LogP contribution in [0.15, 0.2) is 97.2 Å². The van der Waals surface area contributed by atoms with E-state index in [4.69, 9.17) is 14.2 Å². The van der Waals surface area contributed by atoms with Gasteiger partial charge in [0.05, 0.1) is 0 Å². The number of ether oxygens (including phenoxy) is 3. The molecule has 6 nitrogen and oxygen atoms in total. The summed E-state index contributed by atoms with van der Waals surface area (Å²) in [6, 6.07) is 0. The number of hydrogen-bond acceptors (Lipinski definition) is 6. The van der Waals surface area contributed by atoms with Gasteiger partial charge in [-0.25, -0.2) is 0 Å². The largest absolute Gasteiger partial charge is 0.462 e. The molecule has 0 N–H and O–H groups in total. The minimum Gasteiger partial charge on any atom is -0.462 e. The molecule has 0 radical (unpaired) electrons. The zero-order valence-electron chi connectivity index (χ0n) is 45.0. The van der Waals surface area contributed by atoms with Gasteiger partial charge in [-0.3, -0.25) is 14.4 Å². The summed E-state index contributed by atoms with van der Waals surface area (Å²) in [4.78, 5) is 38.1. The first kappa shape index (κ1) is 65.3. The Labute approximate surface area is 426 Å². The molecular weight excluding hydrogens is 853 g/mol. The van der Waals surface area contributed by atoms with Crippen LogP contribution in [0.3, 0.4) is 0 Å². The minimum atomic E-state index is -0.793. The van der Waals surface area contributed by atoms with Crippen LogP contribution in [-0.4, -0.2) is 37.2 Å². The predicted octanol–water partition coefficient (Wildman–Crippen LogP) is 19.3. The quantitative estimate of drug-likeness (QED) is 0.0262. The third-order valence-electron chi connectivity index (χ3n) is 12.1. The number of esters is 3. The molecule has 0 aliphatic carbocycles. The summed E-state index contributed by atoms with van der Waals surface area (Å²) in [5, 5.41) is 0. The van der Waals surface area contributed by atoms with E-state index in [1.807, 2.05) is 0 Å². The lowest BCUT2D eigenvalue weighted by Crippen LogP contribution is -2.30. The van der Waals surface area contributed by atoms with Gasteiger partial charge in [0.15, 0.2) is 6.10 Å². The number of hydrogen-bond donors (Lipinski definition) is 0. The molecule has 0 rings (SSSR count). The molecule has 6 heteroatoms. The van der Waals surface area contributed by atoms with Gasteiger partial charge in [-0.05, 0) is 96.3 Å². The molecule has 0 spiro atoms. The molecular formula is C63H106O6. The summed E-state index contributed by atoms with van der Waals surface area (Å²) >= 11 is 0. The Kier molecular flexibility index (Phi) is 53.9. The van der Waals surface area contributed by atoms with E-state index < -0.39 is 6.10 Å². The van der Waals surface area contributed by atoms with E-state index in [2.05, 4.69) is 118 Å². The molecule has 0 bridgehead atoms. The lowest BCUT2D eigenvalue weighted by molar-refractivity contribution is -0.167. The average Bonchev–Trinajstić information content (AvgIpc) is 3.35. The molecule has 0 amide bonds. The van der Waals surface area contributed by atoms with Gasteiger partial charge in [0.1, 0.15) is 13.2 Å². The van der Waals surface area contributed by atoms with E-state index in [0.29, 0.717) is 19.3 Å². The standard InChI is InChI=1S/C63H106O6/c1-4-7-10-13-16-19-22-25-27-28-29-30-31-32-33-34-36-38-41-44-47-50-53-56-62(65)68-59-60(58-67-61(64)55-52-49-46-43-40-37-24-21-18-15-12-9-6-3)69-63(66)57-54-51-48-45-42-39-35-26-23-20-17-14-11-8-5-2/h7,10,12,15-16,19,21,24-25,27,29-30,32-33,36,38,60H,4-6,8-9,11,13-14,17-18,20,22-23,26,28,31,34-35,37,39-59H2,1-3H3/b10-7-,15-12-,19-16-,24-21-,27-25-,30-29-,33-32-,38-36-. The van der Waals surface area contributed by atoms with Gasteiger partial charge in [0.2, 0.25) is 0 Å². The van der Waals surface area contributed by atoms with Crippen molar-refractivity contribution in [1.82, 2.24) is 0 Å². The summed E-state index contributed by atoms with van der Waals surface area (Å²) in [7, 11) is 0. The van der Waals surface area contributed by atoms with Crippen molar-refractivity contribution in [2.75, 3.05) is 13.2 Å². The number of carbonyl (C=O) groups excluding carboxylic acids is 3. The molecule has 1 unspecified atom stereocenters. The van der Waals surface area contributed by atoms with Crippen LogP contribution >= 0.6 is 0 Å².